The molecule has 1 amide bonds. The zero-order chi connectivity index (χ0) is 14.5. The highest BCUT2D eigenvalue weighted by atomic mass is 35.5. The third-order valence-electron chi connectivity index (χ3n) is 3.74. The van der Waals surface area contributed by atoms with Crippen LogP contribution in [0.15, 0.2) is 24.3 Å². The molecule has 1 aliphatic heterocycles. The van der Waals surface area contributed by atoms with Gasteiger partial charge >= 0.3 is 5.97 Å². The Kier molecular flexibility index (Phi) is 5.01. The molecule has 1 aliphatic rings. The molecule has 1 N–H and O–H groups in total. The Balaban J connectivity index is 1.78. The summed E-state index contributed by atoms with van der Waals surface area (Å²) in [5.74, 6) is -0.947. The quantitative estimate of drug-likeness (QED) is 0.929. The molecule has 0 saturated carbocycles. The van der Waals surface area contributed by atoms with Gasteiger partial charge in [0.05, 0.1) is 5.92 Å². The molecule has 1 fully saturated rings. The molecule has 1 aromatic carbocycles. The minimum atomic E-state index is -0.752. The number of carboxylic acids is 1. The molecule has 0 spiro atoms. The standard InChI is InChI=1S/C15H18ClNO3/c16-13-4-1-11(2-5-13)3-6-14(18)17-9-7-12(8-10-17)15(19)20/h1-2,4-5,12H,3,6-10H2,(H,19,20). The molecule has 0 aliphatic carbocycles. The minimum absolute atomic E-state index is 0.101. The molecule has 2 rings (SSSR count). The van der Waals surface area contributed by atoms with Crippen molar-refractivity contribution < 1.29 is 14.7 Å². The van der Waals surface area contributed by atoms with Crippen molar-refractivity contribution in [2.24, 2.45) is 5.92 Å². The number of likely N-dealkylation sites (tertiary alicyclic amines) is 1. The monoisotopic (exact) mass is 295 g/mol. The third kappa shape index (κ3) is 3.97. The molecule has 0 unspecified atom stereocenters. The van der Waals surface area contributed by atoms with Gasteiger partial charge in [-0.2, -0.15) is 0 Å². The zero-order valence-electron chi connectivity index (χ0n) is 11.2. The molecule has 1 aromatic rings. The second-order valence-electron chi connectivity index (χ2n) is 5.12. The van der Waals surface area contributed by atoms with Crippen molar-refractivity contribution in [1.29, 1.82) is 0 Å². The van der Waals surface area contributed by atoms with Gasteiger partial charge in [0.2, 0.25) is 5.91 Å². The number of hydrogen-bond donors (Lipinski definition) is 1. The van der Waals surface area contributed by atoms with Crippen molar-refractivity contribution in [3.63, 3.8) is 0 Å². The van der Waals surface area contributed by atoms with Crippen LogP contribution in [-0.2, 0) is 16.0 Å². The Bertz CT molecular complexity index is 478. The van der Waals surface area contributed by atoms with Gasteiger partial charge in [0.1, 0.15) is 0 Å². The lowest BCUT2D eigenvalue weighted by molar-refractivity contribution is -0.145. The first-order valence-electron chi connectivity index (χ1n) is 6.81. The molecule has 0 radical (unpaired) electrons. The minimum Gasteiger partial charge on any atom is -0.481 e. The van der Waals surface area contributed by atoms with Crippen LogP contribution < -0.4 is 0 Å². The van der Waals surface area contributed by atoms with Gasteiger partial charge in [-0.3, -0.25) is 9.59 Å². The zero-order valence-corrected chi connectivity index (χ0v) is 12.0. The maximum Gasteiger partial charge on any atom is 0.306 e. The van der Waals surface area contributed by atoms with Gasteiger partial charge in [0.15, 0.2) is 0 Å². The van der Waals surface area contributed by atoms with E-state index in [1.807, 2.05) is 24.3 Å². The predicted octanol–water partition coefficient (Wildman–Crippen LogP) is 2.60. The number of aliphatic carboxylic acids is 1. The molecular weight excluding hydrogens is 278 g/mol. The highest BCUT2D eigenvalue weighted by Gasteiger charge is 2.26. The summed E-state index contributed by atoms with van der Waals surface area (Å²) < 4.78 is 0. The van der Waals surface area contributed by atoms with Crippen LogP contribution in [0.25, 0.3) is 0 Å². The molecule has 0 bridgehead atoms. The maximum absolute atomic E-state index is 12.1. The van der Waals surface area contributed by atoms with E-state index in [4.69, 9.17) is 16.7 Å². The van der Waals surface area contributed by atoms with Crippen molar-refractivity contribution in [3.05, 3.63) is 34.9 Å². The van der Waals surface area contributed by atoms with Crippen LogP contribution in [-0.4, -0.2) is 35.0 Å². The van der Waals surface area contributed by atoms with E-state index in [0.717, 1.165) is 5.56 Å². The van der Waals surface area contributed by atoms with Gasteiger partial charge < -0.3 is 10.0 Å². The van der Waals surface area contributed by atoms with Gasteiger partial charge in [-0.25, -0.2) is 0 Å². The topological polar surface area (TPSA) is 57.6 Å². The van der Waals surface area contributed by atoms with Gasteiger partial charge in [-0.05, 0) is 37.0 Å². The third-order valence-corrected chi connectivity index (χ3v) is 3.99. The smallest absolute Gasteiger partial charge is 0.306 e. The van der Waals surface area contributed by atoms with Crippen LogP contribution in [0.2, 0.25) is 5.02 Å². The Morgan fingerprint density at radius 3 is 2.35 bits per heavy atom. The van der Waals surface area contributed by atoms with Crippen LogP contribution in [0.4, 0.5) is 0 Å². The molecular formula is C15H18ClNO3. The average molecular weight is 296 g/mol. The van der Waals surface area contributed by atoms with Gasteiger partial charge in [-0.15, -0.1) is 0 Å². The number of carbonyl (C=O) groups is 2. The van der Waals surface area contributed by atoms with Crippen molar-refractivity contribution in [2.45, 2.75) is 25.7 Å². The van der Waals surface area contributed by atoms with E-state index in [-0.39, 0.29) is 11.8 Å². The maximum atomic E-state index is 12.1. The van der Waals surface area contributed by atoms with E-state index in [1.54, 1.807) is 4.90 Å². The number of benzene rings is 1. The van der Waals surface area contributed by atoms with Crippen molar-refractivity contribution in [3.8, 4) is 0 Å². The van der Waals surface area contributed by atoms with E-state index in [0.29, 0.717) is 43.8 Å². The van der Waals surface area contributed by atoms with Crippen LogP contribution in [0, 0.1) is 5.92 Å². The number of carboxylic acid groups (broad SMARTS) is 1. The fraction of sp³-hybridized carbons (Fsp3) is 0.467. The molecule has 108 valence electrons. The summed E-state index contributed by atoms with van der Waals surface area (Å²) in [7, 11) is 0. The van der Waals surface area contributed by atoms with E-state index in [1.165, 1.54) is 0 Å². The first-order chi connectivity index (χ1) is 9.56. The average Bonchev–Trinajstić information content (AvgIpc) is 2.46. The Labute approximate surface area is 123 Å². The summed E-state index contributed by atoms with van der Waals surface area (Å²) in [5, 5.41) is 9.61. The Morgan fingerprint density at radius 1 is 1.20 bits per heavy atom. The fourth-order valence-corrected chi connectivity index (χ4v) is 2.56. The summed E-state index contributed by atoms with van der Waals surface area (Å²) in [5.41, 5.74) is 1.09. The lowest BCUT2D eigenvalue weighted by atomic mass is 9.96. The molecule has 0 aromatic heterocycles. The van der Waals surface area contributed by atoms with Crippen molar-refractivity contribution in [2.75, 3.05) is 13.1 Å². The van der Waals surface area contributed by atoms with Crippen molar-refractivity contribution in [1.82, 2.24) is 4.90 Å². The van der Waals surface area contributed by atoms with E-state index in [9.17, 15) is 9.59 Å². The first kappa shape index (κ1) is 14.9. The lowest BCUT2D eigenvalue weighted by Crippen LogP contribution is -2.40. The second-order valence-corrected chi connectivity index (χ2v) is 5.56. The molecule has 20 heavy (non-hydrogen) atoms. The molecule has 1 heterocycles. The summed E-state index contributed by atoms with van der Waals surface area (Å²) in [4.78, 5) is 24.7. The van der Waals surface area contributed by atoms with E-state index in [2.05, 4.69) is 0 Å². The fourth-order valence-electron chi connectivity index (χ4n) is 2.44. The van der Waals surface area contributed by atoms with Crippen LogP contribution in [0.3, 0.4) is 0 Å². The van der Waals surface area contributed by atoms with Gasteiger partial charge in [0.25, 0.3) is 0 Å². The van der Waals surface area contributed by atoms with E-state index < -0.39 is 5.97 Å². The predicted molar refractivity (Wildman–Crippen MR) is 76.7 cm³/mol. The molecule has 5 heteroatoms. The summed E-state index contributed by atoms with van der Waals surface area (Å²) in [6.07, 6.45) is 2.26. The summed E-state index contributed by atoms with van der Waals surface area (Å²) in [6, 6.07) is 7.48. The van der Waals surface area contributed by atoms with Crippen LogP contribution in [0.5, 0.6) is 0 Å². The SMILES string of the molecule is O=C(O)C1CCN(C(=O)CCc2ccc(Cl)cc2)CC1. The highest BCUT2D eigenvalue weighted by Crippen LogP contribution is 2.18. The van der Waals surface area contributed by atoms with Crippen LogP contribution >= 0.6 is 11.6 Å². The van der Waals surface area contributed by atoms with Gasteiger partial charge in [-0.1, -0.05) is 23.7 Å². The summed E-state index contributed by atoms with van der Waals surface area (Å²) in [6.45, 7) is 1.10. The summed E-state index contributed by atoms with van der Waals surface area (Å²) >= 11 is 5.81. The highest BCUT2D eigenvalue weighted by molar-refractivity contribution is 6.30. The first-order valence-corrected chi connectivity index (χ1v) is 7.19. The largest absolute Gasteiger partial charge is 0.481 e. The molecule has 1 saturated heterocycles. The normalized spacial score (nSPS) is 16.1. The van der Waals surface area contributed by atoms with Gasteiger partial charge in [0, 0.05) is 24.5 Å². The number of hydrogen-bond acceptors (Lipinski definition) is 2. The number of halogens is 1. The number of nitrogens with zero attached hydrogens (tertiary/aromatic N) is 1. The Hall–Kier alpha value is -1.55. The number of carbonyl (C=O) groups excluding carboxylic acids is 1. The molecule has 4 nitrogen and oxygen atoms in total. The van der Waals surface area contributed by atoms with Crippen molar-refractivity contribution >= 4 is 23.5 Å². The molecule has 0 atom stereocenters. The second kappa shape index (κ2) is 6.75. The van der Waals surface area contributed by atoms with E-state index >= 15 is 0 Å². The Morgan fingerprint density at radius 2 is 1.80 bits per heavy atom. The number of amides is 1. The lowest BCUT2D eigenvalue weighted by Gasteiger charge is -2.30. The number of rotatable bonds is 4. The number of piperidine rings is 1. The number of aryl methyl sites for hydroxylation is 1. The van der Waals surface area contributed by atoms with Crippen LogP contribution in [0.1, 0.15) is 24.8 Å².